The number of nitrogens with zero attached hydrogens (tertiary/aromatic N) is 1. The number of carbonyl (C=O) groups is 2. The van der Waals surface area contributed by atoms with E-state index >= 15 is 0 Å². The van der Waals surface area contributed by atoms with E-state index in [-0.39, 0.29) is 30.4 Å². The first-order valence-electron chi connectivity index (χ1n) is 9.97. The molecule has 0 radical (unpaired) electrons. The highest BCUT2D eigenvalue weighted by molar-refractivity contribution is 5.75. The summed E-state index contributed by atoms with van der Waals surface area (Å²) in [5.41, 5.74) is 0.834. The summed E-state index contributed by atoms with van der Waals surface area (Å²) < 4.78 is 11.4. The maximum atomic E-state index is 12.6. The molecule has 5 rings (SSSR count). The molecule has 5 nitrogen and oxygen atoms in total. The van der Waals surface area contributed by atoms with Crippen molar-refractivity contribution in [3.8, 4) is 0 Å². The Balaban J connectivity index is 1.21. The van der Waals surface area contributed by atoms with Gasteiger partial charge in [0.15, 0.2) is 6.10 Å². The van der Waals surface area contributed by atoms with E-state index in [0.717, 1.165) is 43.1 Å². The van der Waals surface area contributed by atoms with Gasteiger partial charge in [-0.3, -0.25) is 14.6 Å². The second-order valence-corrected chi connectivity index (χ2v) is 8.52. The van der Waals surface area contributed by atoms with E-state index in [2.05, 4.69) is 4.98 Å². The minimum atomic E-state index is -0.536. The lowest BCUT2D eigenvalue weighted by Gasteiger charge is -2.52. The quantitative estimate of drug-likeness (QED) is 0.733. The summed E-state index contributed by atoms with van der Waals surface area (Å²) in [6.07, 6.45) is 9.54. The summed E-state index contributed by atoms with van der Waals surface area (Å²) in [4.78, 5) is 29.0. The summed E-state index contributed by atoms with van der Waals surface area (Å²) in [6.45, 7) is 0.100. The normalized spacial score (nSPS) is 37.4. The Labute approximate surface area is 153 Å². The van der Waals surface area contributed by atoms with Crippen LogP contribution in [0.2, 0.25) is 0 Å². The molecule has 138 valence electrons. The lowest BCUT2D eigenvalue weighted by Crippen LogP contribution is -2.49. The summed E-state index contributed by atoms with van der Waals surface area (Å²) in [6, 6.07) is 3.65. The van der Waals surface area contributed by atoms with Crippen molar-refractivity contribution in [1.82, 2.24) is 4.98 Å². The number of carbonyl (C=O) groups excluding carboxylic acids is 2. The topological polar surface area (TPSA) is 65.5 Å². The molecule has 0 bridgehead atoms. The summed E-state index contributed by atoms with van der Waals surface area (Å²) in [5.74, 6) is 2.38. The SMILES string of the molecule is O=C(OCC(OC(=O)C1C[C@@H]2CC[C@H]12)c1ccncc1)C1C[C@@H]2CC[C@H]12. The molecule has 0 saturated heterocycles. The van der Waals surface area contributed by atoms with Crippen molar-refractivity contribution in [3.63, 3.8) is 0 Å². The Morgan fingerprint density at radius 2 is 1.58 bits per heavy atom. The van der Waals surface area contributed by atoms with E-state index in [1.165, 1.54) is 12.8 Å². The molecule has 0 amide bonds. The van der Waals surface area contributed by atoms with E-state index in [9.17, 15) is 9.59 Å². The van der Waals surface area contributed by atoms with Gasteiger partial charge in [-0.1, -0.05) is 0 Å². The predicted octanol–water partition coefficient (Wildman–Crippen LogP) is 3.30. The zero-order valence-electron chi connectivity index (χ0n) is 14.9. The fourth-order valence-corrected chi connectivity index (χ4v) is 5.26. The zero-order chi connectivity index (χ0) is 17.7. The standard InChI is InChI=1S/C21H25NO4/c23-20(17-9-13-1-3-15(13)17)25-11-19(12-5-7-22-8-6-12)26-21(24)18-10-14-2-4-16(14)18/h5-8,13-19H,1-4,9-11H2/t13-,14-,15-,16-,17?,18?,19?/m0/s1. The summed E-state index contributed by atoms with van der Waals surface area (Å²) >= 11 is 0. The second kappa shape index (κ2) is 6.36. The van der Waals surface area contributed by atoms with Gasteiger partial charge in [0, 0.05) is 12.4 Å². The number of esters is 2. The van der Waals surface area contributed by atoms with E-state index in [0.29, 0.717) is 11.8 Å². The van der Waals surface area contributed by atoms with Crippen LogP contribution in [-0.2, 0) is 19.1 Å². The molecular formula is C21H25NO4. The molecule has 1 aromatic rings. The Morgan fingerprint density at radius 1 is 0.962 bits per heavy atom. The van der Waals surface area contributed by atoms with Gasteiger partial charge in [-0.15, -0.1) is 0 Å². The molecule has 4 saturated carbocycles. The van der Waals surface area contributed by atoms with E-state index < -0.39 is 6.10 Å². The molecule has 5 heteroatoms. The molecule has 0 N–H and O–H groups in total. The number of aromatic nitrogens is 1. The first kappa shape index (κ1) is 16.3. The van der Waals surface area contributed by atoms with Crippen LogP contribution in [0.3, 0.4) is 0 Å². The van der Waals surface area contributed by atoms with Crippen LogP contribution in [0.5, 0.6) is 0 Å². The van der Waals surface area contributed by atoms with Crippen molar-refractivity contribution in [1.29, 1.82) is 0 Å². The molecule has 4 fully saturated rings. The van der Waals surface area contributed by atoms with Gasteiger partial charge in [-0.2, -0.15) is 0 Å². The molecule has 0 spiro atoms. The lowest BCUT2D eigenvalue weighted by molar-refractivity contribution is -0.180. The van der Waals surface area contributed by atoms with Crippen LogP contribution < -0.4 is 0 Å². The Morgan fingerprint density at radius 3 is 2.08 bits per heavy atom. The average Bonchev–Trinajstić information content (AvgIpc) is 2.63. The molecule has 7 atom stereocenters. The maximum Gasteiger partial charge on any atom is 0.309 e. The predicted molar refractivity (Wildman–Crippen MR) is 92.7 cm³/mol. The summed E-state index contributed by atoms with van der Waals surface area (Å²) in [7, 11) is 0. The molecule has 4 aliphatic carbocycles. The van der Waals surface area contributed by atoms with E-state index in [1.807, 2.05) is 12.1 Å². The average molecular weight is 355 g/mol. The van der Waals surface area contributed by atoms with Crippen LogP contribution in [0.4, 0.5) is 0 Å². The highest BCUT2D eigenvalue weighted by atomic mass is 16.6. The first-order valence-corrected chi connectivity index (χ1v) is 9.97. The van der Waals surface area contributed by atoms with Crippen LogP contribution in [0.1, 0.15) is 50.2 Å². The van der Waals surface area contributed by atoms with Gasteiger partial charge < -0.3 is 9.47 Å². The Bertz CT molecular complexity index is 705. The molecule has 1 aromatic heterocycles. The van der Waals surface area contributed by atoms with Crippen molar-refractivity contribution in [2.75, 3.05) is 6.61 Å². The van der Waals surface area contributed by atoms with Crippen LogP contribution in [-0.4, -0.2) is 23.5 Å². The molecule has 0 aliphatic heterocycles. The minimum absolute atomic E-state index is 0.0381. The number of hydrogen-bond donors (Lipinski definition) is 0. The van der Waals surface area contributed by atoms with Gasteiger partial charge in [0.05, 0.1) is 11.8 Å². The fraction of sp³-hybridized carbons (Fsp3) is 0.667. The Hall–Kier alpha value is -1.91. The third-order valence-electron chi connectivity index (χ3n) is 7.42. The number of hydrogen-bond acceptors (Lipinski definition) is 5. The van der Waals surface area contributed by atoms with Gasteiger partial charge in [0.2, 0.25) is 0 Å². The van der Waals surface area contributed by atoms with Crippen molar-refractivity contribution in [2.45, 2.75) is 44.6 Å². The smallest absolute Gasteiger partial charge is 0.309 e. The second-order valence-electron chi connectivity index (χ2n) is 8.52. The van der Waals surface area contributed by atoms with Crippen molar-refractivity contribution in [3.05, 3.63) is 30.1 Å². The van der Waals surface area contributed by atoms with Crippen molar-refractivity contribution >= 4 is 11.9 Å². The third kappa shape index (κ3) is 2.63. The van der Waals surface area contributed by atoms with Crippen LogP contribution in [0, 0.1) is 35.5 Å². The van der Waals surface area contributed by atoms with Gasteiger partial charge in [-0.05, 0) is 79.9 Å². The van der Waals surface area contributed by atoms with Gasteiger partial charge in [0.1, 0.15) is 6.61 Å². The monoisotopic (exact) mass is 355 g/mol. The van der Waals surface area contributed by atoms with E-state index in [4.69, 9.17) is 9.47 Å². The van der Waals surface area contributed by atoms with Crippen LogP contribution in [0.15, 0.2) is 24.5 Å². The molecule has 0 aromatic carbocycles. The fourth-order valence-electron chi connectivity index (χ4n) is 5.26. The number of fused-ring (bicyclic) bond motifs is 2. The third-order valence-corrected chi connectivity index (χ3v) is 7.42. The Kier molecular flexibility index (Phi) is 3.98. The number of pyridine rings is 1. The zero-order valence-corrected chi connectivity index (χ0v) is 14.9. The summed E-state index contributed by atoms with van der Waals surface area (Å²) in [5, 5.41) is 0. The van der Waals surface area contributed by atoms with Crippen molar-refractivity contribution in [2.24, 2.45) is 35.5 Å². The highest BCUT2D eigenvalue weighted by Gasteiger charge is 2.52. The molecular weight excluding hydrogens is 330 g/mol. The maximum absolute atomic E-state index is 12.6. The van der Waals surface area contributed by atoms with Crippen molar-refractivity contribution < 1.29 is 19.1 Å². The van der Waals surface area contributed by atoms with Crippen LogP contribution >= 0.6 is 0 Å². The number of ether oxygens (including phenoxy) is 2. The first-order chi connectivity index (χ1) is 12.7. The molecule has 1 heterocycles. The number of rotatable bonds is 6. The minimum Gasteiger partial charge on any atom is -0.461 e. The molecule has 26 heavy (non-hydrogen) atoms. The largest absolute Gasteiger partial charge is 0.461 e. The lowest BCUT2D eigenvalue weighted by atomic mass is 9.53. The van der Waals surface area contributed by atoms with Gasteiger partial charge in [0.25, 0.3) is 0 Å². The highest BCUT2D eigenvalue weighted by Crippen LogP contribution is 2.55. The van der Waals surface area contributed by atoms with E-state index in [1.54, 1.807) is 12.4 Å². The van der Waals surface area contributed by atoms with Crippen LogP contribution in [0.25, 0.3) is 0 Å². The van der Waals surface area contributed by atoms with Gasteiger partial charge >= 0.3 is 11.9 Å². The van der Waals surface area contributed by atoms with Gasteiger partial charge in [-0.25, -0.2) is 0 Å². The molecule has 3 unspecified atom stereocenters. The molecule has 4 aliphatic rings.